The molecule has 0 bridgehead atoms. The molecule has 348 valence electrons. The van der Waals surface area contributed by atoms with Gasteiger partial charge in [-0.3, -0.25) is 0 Å². The predicted molar refractivity (Wildman–Crippen MR) is 287 cm³/mol. The lowest BCUT2D eigenvalue weighted by atomic mass is 10.0. The minimum absolute atomic E-state index is 1.04. The second-order valence-electron chi connectivity index (χ2n) is 18.7. The first-order valence-electron chi connectivity index (χ1n) is 26.4. The average molecular weight is 1010 g/mol. The minimum Gasteiger partial charge on any atom is -0.249 e. The maximum atomic E-state index is 5.59. The number of aryl methyl sites for hydroxylation is 2. The van der Waals surface area contributed by atoms with Crippen molar-refractivity contribution in [2.24, 2.45) is 0 Å². The van der Waals surface area contributed by atoms with E-state index in [2.05, 4.69) is 82.1 Å². The van der Waals surface area contributed by atoms with Crippen molar-refractivity contribution < 1.29 is 0 Å². The molecule has 0 unspecified atom stereocenters. The van der Waals surface area contributed by atoms with Gasteiger partial charge in [0.1, 0.15) is 0 Å². The van der Waals surface area contributed by atoms with E-state index in [1.54, 1.807) is 22.7 Å². The van der Waals surface area contributed by atoms with Crippen LogP contribution in [0, 0.1) is 0 Å². The number of fused-ring (bicyclic) bond motifs is 1. The second kappa shape index (κ2) is 35.2. The Balaban J connectivity index is 1.21. The van der Waals surface area contributed by atoms with Crippen LogP contribution in [0.25, 0.3) is 31.9 Å². The molecule has 0 aliphatic carbocycles. The van der Waals surface area contributed by atoms with Gasteiger partial charge in [-0.2, -0.15) is 0 Å². The topological polar surface area (TPSA) is 25.8 Å². The molecule has 6 heteroatoms. The number of unbranched alkanes of at least 4 members (excludes halogenated alkanes) is 34. The Morgan fingerprint density at radius 3 is 0.790 bits per heavy atom. The number of benzene rings is 1. The van der Waals surface area contributed by atoms with Gasteiger partial charge in [-0.15, -0.1) is 22.7 Å². The molecule has 4 rings (SSSR count). The number of thiophene rings is 2. The first kappa shape index (κ1) is 53.5. The number of rotatable bonds is 40. The first-order chi connectivity index (χ1) is 30.6. The van der Waals surface area contributed by atoms with Gasteiger partial charge in [0.05, 0.1) is 30.0 Å². The summed E-state index contributed by atoms with van der Waals surface area (Å²) in [4.78, 5) is 13.7. The summed E-state index contributed by atoms with van der Waals surface area (Å²) in [5, 5.41) is 0. The second-order valence-corrected chi connectivity index (χ2v) is 23.6. The summed E-state index contributed by atoms with van der Waals surface area (Å²) in [5.41, 5.74) is 7.06. The molecule has 0 atom stereocenters. The fourth-order valence-electron chi connectivity index (χ4n) is 9.31. The van der Waals surface area contributed by atoms with Crippen molar-refractivity contribution in [3.8, 4) is 20.9 Å². The van der Waals surface area contributed by atoms with Gasteiger partial charge in [-0.05, 0) is 81.8 Å². The Labute approximate surface area is 406 Å². The summed E-state index contributed by atoms with van der Waals surface area (Å²) in [7, 11) is 0. The highest BCUT2D eigenvalue weighted by atomic mass is 79.9. The van der Waals surface area contributed by atoms with E-state index in [1.165, 1.54) is 263 Å². The molecule has 0 aliphatic rings. The SMILES string of the molecule is CCCCCCCCCCCCCCCCCCCCc1nc2c(-c3ccc(Br)s3)ccc(-c3ccc(Br)s3)c2nc1CCCCCCCCCCCCCCCCCCCC. The fraction of sp³-hybridized carbons (Fsp3) is 0.714. The zero-order valence-electron chi connectivity index (χ0n) is 39.8. The van der Waals surface area contributed by atoms with E-state index in [0.717, 1.165) is 31.4 Å². The van der Waals surface area contributed by atoms with Gasteiger partial charge < -0.3 is 0 Å². The molecular weight excluding hydrogens is 925 g/mol. The van der Waals surface area contributed by atoms with Crippen molar-refractivity contribution in [2.45, 2.75) is 258 Å². The molecule has 0 saturated carbocycles. The maximum absolute atomic E-state index is 5.59. The molecule has 0 spiro atoms. The van der Waals surface area contributed by atoms with E-state index in [4.69, 9.17) is 9.97 Å². The number of hydrogen-bond donors (Lipinski definition) is 0. The van der Waals surface area contributed by atoms with Gasteiger partial charge in [0, 0.05) is 20.9 Å². The summed E-state index contributed by atoms with van der Waals surface area (Å²) in [6.45, 7) is 4.62. The van der Waals surface area contributed by atoms with E-state index in [-0.39, 0.29) is 0 Å². The van der Waals surface area contributed by atoms with Gasteiger partial charge in [0.15, 0.2) is 0 Å². The molecule has 0 amide bonds. The number of aromatic nitrogens is 2. The molecule has 62 heavy (non-hydrogen) atoms. The quantitative estimate of drug-likeness (QED) is 0.0415. The molecule has 1 aromatic carbocycles. The highest BCUT2D eigenvalue weighted by Crippen LogP contribution is 2.41. The van der Waals surface area contributed by atoms with E-state index >= 15 is 0 Å². The van der Waals surface area contributed by atoms with Crippen LogP contribution in [-0.4, -0.2) is 9.97 Å². The molecule has 0 radical (unpaired) electrons. The largest absolute Gasteiger partial charge is 0.249 e. The van der Waals surface area contributed by atoms with Crippen LogP contribution in [0.3, 0.4) is 0 Å². The van der Waals surface area contributed by atoms with Gasteiger partial charge in [-0.25, -0.2) is 9.97 Å². The predicted octanol–water partition coefficient (Wildman–Crippen LogP) is 21.8. The maximum Gasteiger partial charge on any atom is 0.0983 e. The third-order valence-electron chi connectivity index (χ3n) is 13.2. The number of hydrogen-bond acceptors (Lipinski definition) is 4. The normalized spacial score (nSPS) is 11.7. The number of nitrogens with zero attached hydrogens (tertiary/aromatic N) is 2. The third-order valence-corrected chi connectivity index (χ3v) is 16.5. The van der Waals surface area contributed by atoms with Crippen molar-refractivity contribution >= 4 is 65.6 Å². The van der Waals surface area contributed by atoms with Gasteiger partial charge in [0.25, 0.3) is 0 Å². The average Bonchev–Trinajstić information content (AvgIpc) is 3.92. The smallest absolute Gasteiger partial charge is 0.0983 e. The Kier molecular flexibility index (Phi) is 30.4. The Morgan fingerprint density at radius 1 is 0.323 bits per heavy atom. The summed E-state index contributed by atoms with van der Waals surface area (Å²) >= 11 is 11.0. The zero-order valence-corrected chi connectivity index (χ0v) is 44.6. The molecular formula is C56H88Br2N2S2. The summed E-state index contributed by atoms with van der Waals surface area (Å²) < 4.78 is 2.31. The van der Waals surface area contributed by atoms with Gasteiger partial charge in [-0.1, -0.05) is 244 Å². The molecule has 3 heterocycles. The van der Waals surface area contributed by atoms with E-state index in [0.29, 0.717) is 0 Å². The standard InChI is InChI=1S/C56H88Br2N2S2/c1-3-5-7-9-11-13-15-17-19-21-23-25-27-29-31-33-35-37-39-49-50(40-38-36-34-32-30-28-26-24-22-20-18-16-14-12-10-8-6-4-2)60-56-48(52-44-46-54(58)62-52)42-41-47(55(56)59-49)51-43-45-53(57)61-51/h41-46H,3-40H2,1-2H3. The van der Waals surface area contributed by atoms with Crippen molar-refractivity contribution in [3.05, 3.63) is 55.4 Å². The summed E-state index contributed by atoms with van der Waals surface area (Å²) in [6.07, 6.45) is 52.8. The fourth-order valence-corrected chi connectivity index (χ4v) is 12.1. The van der Waals surface area contributed by atoms with Crippen LogP contribution in [0.5, 0.6) is 0 Å². The zero-order chi connectivity index (χ0) is 43.7. The molecule has 3 aromatic heterocycles. The summed E-state index contributed by atoms with van der Waals surface area (Å²) in [6, 6.07) is 13.4. The molecule has 0 N–H and O–H groups in total. The molecule has 0 aliphatic heterocycles. The number of halogens is 2. The van der Waals surface area contributed by atoms with Crippen LogP contribution in [-0.2, 0) is 12.8 Å². The van der Waals surface area contributed by atoms with E-state index in [9.17, 15) is 0 Å². The highest BCUT2D eigenvalue weighted by molar-refractivity contribution is 9.11. The Morgan fingerprint density at radius 2 is 0.565 bits per heavy atom. The van der Waals surface area contributed by atoms with Crippen LogP contribution in [0.2, 0.25) is 0 Å². The lowest BCUT2D eigenvalue weighted by Crippen LogP contribution is -2.05. The minimum atomic E-state index is 1.04. The van der Waals surface area contributed by atoms with Crippen LogP contribution in [0.1, 0.15) is 256 Å². The van der Waals surface area contributed by atoms with Crippen LogP contribution in [0.15, 0.2) is 44.0 Å². The molecule has 4 aromatic rings. The van der Waals surface area contributed by atoms with Gasteiger partial charge in [0.2, 0.25) is 0 Å². The van der Waals surface area contributed by atoms with Gasteiger partial charge >= 0.3 is 0 Å². The Hall–Kier alpha value is -1.08. The highest BCUT2D eigenvalue weighted by Gasteiger charge is 2.18. The van der Waals surface area contributed by atoms with Crippen LogP contribution in [0.4, 0.5) is 0 Å². The van der Waals surface area contributed by atoms with E-state index in [1.807, 2.05) is 0 Å². The summed E-state index contributed by atoms with van der Waals surface area (Å²) in [5.74, 6) is 0. The van der Waals surface area contributed by atoms with E-state index < -0.39 is 0 Å². The lowest BCUT2D eigenvalue weighted by Gasteiger charge is -2.14. The van der Waals surface area contributed by atoms with Crippen molar-refractivity contribution in [3.63, 3.8) is 0 Å². The van der Waals surface area contributed by atoms with Crippen LogP contribution < -0.4 is 0 Å². The molecule has 0 fully saturated rings. The monoisotopic (exact) mass is 1010 g/mol. The van der Waals surface area contributed by atoms with Crippen LogP contribution >= 0.6 is 54.5 Å². The first-order valence-corrected chi connectivity index (χ1v) is 29.7. The molecule has 2 nitrogen and oxygen atoms in total. The molecule has 0 saturated heterocycles. The van der Waals surface area contributed by atoms with Crippen molar-refractivity contribution in [2.75, 3.05) is 0 Å². The Bertz CT molecular complexity index is 1570. The van der Waals surface area contributed by atoms with Crippen molar-refractivity contribution in [1.82, 2.24) is 9.97 Å². The third kappa shape index (κ3) is 22.4. The lowest BCUT2D eigenvalue weighted by molar-refractivity contribution is 0.524. The van der Waals surface area contributed by atoms with Crippen molar-refractivity contribution in [1.29, 1.82) is 0 Å².